The SMILES string of the molecule is CC(=N)c1ccc(-c2c(C)noc2C)nc1N. The lowest BCUT2D eigenvalue weighted by Crippen LogP contribution is -2.03. The summed E-state index contributed by atoms with van der Waals surface area (Å²) in [6, 6.07) is 3.63. The fourth-order valence-corrected chi connectivity index (χ4v) is 1.78. The Morgan fingerprint density at radius 2 is 2.06 bits per heavy atom. The maximum Gasteiger partial charge on any atom is 0.143 e. The van der Waals surface area contributed by atoms with Crippen molar-refractivity contribution in [1.82, 2.24) is 10.1 Å². The van der Waals surface area contributed by atoms with E-state index >= 15 is 0 Å². The van der Waals surface area contributed by atoms with Crippen LogP contribution >= 0.6 is 0 Å². The molecule has 0 amide bonds. The molecule has 2 aromatic heterocycles. The third kappa shape index (κ3) is 1.91. The van der Waals surface area contributed by atoms with Crippen LogP contribution in [0.3, 0.4) is 0 Å². The van der Waals surface area contributed by atoms with Crippen LogP contribution < -0.4 is 5.73 Å². The van der Waals surface area contributed by atoms with Crippen molar-refractivity contribution in [3.8, 4) is 11.3 Å². The molecule has 2 aromatic rings. The van der Waals surface area contributed by atoms with E-state index in [0.29, 0.717) is 22.9 Å². The topological polar surface area (TPSA) is 88.8 Å². The van der Waals surface area contributed by atoms with Gasteiger partial charge in [0.1, 0.15) is 11.6 Å². The Morgan fingerprint density at radius 3 is 2.53 bits per heavy atom. The smallest absolute Gasteiger partial charge is 0.143 e. The van der Waals surface area contributed by atoms with Crippen molar-refractivity contribution in [2.45, 2.75) is 20.8 Å². The van der Waals surface area contributed by atoms with Crippen molar-refractivity contribution in [2.24, 2.45) is 0 Å². The number of hydrogen-bond acceptors (Lipinski definition) is 5. The molecular formula is C12H14N4O. The summed E-state index contributed by atoms with van der Waals surface area (Å²) in [6.45, 7) is 5.38. The molecule has 0 bridgehead atoms. The molecule has 0 aromatic carbocycles. The molecule has 0 spiro atoms. The first-order valence-electron chi connectivity index (χ1n) is 5.26. The predicted octanol–water partition coefficient (Wildman–Crippen LogP) is 2.32. The summed E-state index contributed by atoms with van der Waals surface area (Å²) < 4.78 is 5.09. The zero-order valence-electron chi connectivity index (χ0n) is 10.0. The van der Waals surface area contributed by atoms with E-state index in [4.69, 9.17) is 15.7 Å². The number of aromatic nitrogens is 2. The van der Waals surface area contributed by atoms with Crippen LogP contribution in [0.1, 0.15) is 23.9 Å². The van der Waals surface area contributed by atoms with Crippen LogP contribution in [0.5, 0.6) is 0 Å². The molecule has 0 radical (unpaired) electrons. The van der Waals surface area contributed by atoms with Gasteiger partial charge >= 0.3 is 0 Å². The Bertz CT molecular complexity index is 567. The molecule has 0 atom stereocenters. The maximum atomic E-state index is 7.55. The fourth-order valence-electron chi connectivity index (χ4n) is 1.78. The minimum absolute atomic E-state index is 0.356. The van der Waals surface area contributed by atoms with Gasteiger partial charge in [0.25, 0.3) is 0 Å². The molecule has 2 rings (SSSR count). The van der Waals surface area contributed by atoms with Gasteiger partial charge < -0.3 is 15.7 Å². The average Bonchev–Trinajstić information content (AvgIpc) is 2.58. The lowest BCUT2D eigenvalue weighted by Gasteiger charge is -2.05. The molecule has 0 saturated heterocycles. The third-order valence-corrected chi connectivity index (χ3v) is 2.62. The molecule has 0 saturated carbocycles. The zero-order chi connectivity index (χ0) is 12.6. The van der Waals surface area contributed by atoms with E-state index in [0.717, 1.165) is 17.0 Å². The van der Waals surface area contributed by atoms with Crippen LogP contribution in [0.4, 0.5) is 5.82 Å². The molecular weight excluding hydrogens is 216 g/mol. The van der Waals surface area contributed by atoms with Gasteiger partial charge in [0.2, 0.25) is 0 Å². The molecule has 2 heterocycles. The minimum Gasteiger partial charge on any atom is -0.383 e. The largest absolute Gasteiger partial charge is 0.383 e. The summed E-state index contributed by atoms with van der Waals surface area (Å²) in [5, 5.41) is 11.4. The van der Waals surface area contributed by atoms with E-state index in [1.54, 1.807) is 13.0 Å². The van der Waals surface area contributed by atoms with Crippen molar-refractivity contribution in [3.05, 3.63) is 29.2 Å². The van der Waals surface area contributed by atoms with E-state index < -0.39 is 0 Å². The number of pyridine rings is 1. The maximum absolute atomic E-state index is 7.55. The molecule has 17 heavy (non-hydrogen) atoms. The Balaban J connectivity index is 2.56. The van der Waals surface area contributed by atoms with E-state index in [2.05, 4.69) is 10.1 Å². The summed E-state index contributed by atoms with van der Waals surface area (Å²) in [4.78, 5) is 4.30. The second-order valence-electron chi connectivity index (χ2n) is 3.95. The van der Waals surface area contributed by atoms with Gasteiger partial charge in [0.05, 0.1) is 17.0 Å². The van der Waals surface area contributed by atoms with Gasteiger partial charge in [-0.3, -0.25) is 0 Å². The number of hydrogen-bond donors (Lipinski definition) is 2. The van der Waals surface area contributed by atoms with Crippen LogP contribution in [-0.2, 0) is 0 Å². The quantitative estimate of drug-likeness (QED) is 0.775. The second-order valence-corrected chi connectivity index (χ2v) is 3.95. The molecule has 3 N–H and O–H groups in total. The lowest BCUT2D eigenvalue weighted by atomic mass is 10.1. The number of nitrogens with one attached hydrogen (secondary N) is 1. The highest BCUT2D eigenvalue weighted by molar-refractivity contribution is 6.00. The first-order valence-corrected chi connectivity index (χ1v) is 5.26. The molecule has 0 aliphatic carbocycles. The molecule has 5 nitrogen and oxygen atoms in total. The Morgan fingerprint density at radius 1 is 1.35 bits per heavy atom. The predicted molar refractivity (Wildman–Crippen MR) is 66.1 cm³/mol. The van der Waals surface area contributed by atoms with Gasteiger partial charge in [-0.15, -0.1) is 0 Å². The average molecular weight is 230 g/mol. The Labute approximate surface area is 99.2 Å². The van der Waals surface area contributed by atoms with E-state index in [1.807, 2.05) is 19.9 Å². The number of nitrogen functional groups attached to an aromatic ring is 1. The summed E-state index contributed by atoms with van der Waals surface area (Å²) in [5.74, 6) is 1.07. The van der Waals surface area contributed by atoms with Gasteiger partial charge in [0, 0.05) is 11.3 Å². The van der Waals surface area contributed by atoms with Crippen molar-refractivity contribution < 1.29 is 4.52 Å². The molecule has 0 fully saturated rings. The van der Waals surface area contributed by atoms with Gasteiger partial charge in [-0.1, -0.05) is 5.16 Å². The van der Waals surface area contributed by atoms with E-state index in [9.17, 15) is 0 Å². The first-order chi connectivity index (χ1) is 8.00. The van der Waals surface area contributed by atoms with E-state index in [1.165, 1.54) is 0 Å². The Kier molecular flexibility index (Phi) is 2.67. The number of rotatable bonds is 2. The third-order valence-electron chi connectivity index (χ3n) is 2.62. The second kappa shape index (κ2) is 4.01. The molecule has 88 valence electrons. The standard InChI is InChI=1S/C12H14N4O/c1-6(13)9-4-5-10(15-12(9)14)11-7(2)16-17-8(11)3/h4-5,13H,1-3H3,(H2,14,15). The van der Waals surface area contributed by atoms with Gasteiger partial charge in [0.15, 0.2) is 0 Å². The van der Waals surface area contributed by atoms with Gasteiger partial charge in [-0.2, -0.15) is 0 Å². The molecule has 5 heteroatoms. The normalized spacial score (nSPS) is 10.5. The van der Waals surface area contributed by atoms with Crippen LogP contribution in [-0.4, -0.2) is 15.9 Å². The van der Waals surface area contributed by atoms with Crippen LogP contribution in [0.25, 0.3) is 11.3 Å². The van der Waals surface area contributed by atoms with Gasteiger partial charge in [-0.05, 0) is 32.9 Å². The highest BCUT2D eigenvalue weighted by Crippen LogP contribution is 2.26. The van der Waals surface area contributed by atoms with Crippen molar-refractivity contribution >= 4 is 11.5 Å². The highest BCUT2D eigenvalue weighted by Gasteiger charge is 2.14. The molecule has 0 aliphatic rings. The summed E-state index contributed by atoms with van der Waals surface area (Å²) >= 11 is 0. The summed E-state index contributed by atoms with van der Waals surface area (Å²) in [7, 11) is 0. The van der Waals surface area contributed by atoms with Crippen molar-refractivity contribution in [1.29, 1.82) is 5.41 Å². The van der Waals surface area contributed by atoms with Gasteiger partial charge in [-0.25, -0.2) is 4.98 Å². The lowest BCUT2D eigenvalue weighted by molar-refractivity contribution is 0.393. The number of aryl methyl sites for hydroxylation is 2. The number of nitrogens with two attached hydrogens (primary N) is 1. The van der Waals surface area contributed by atoms with Crippen LogP contribution in [0, 0.1) is 19.3 Å². The minimum atomic E-state index is 0.356. The monoisotopic (exact) mass is 230 g/mol. The van der Waals surface area contributed by atoms with E-state index in [-0.39, 0.29) is 0 Å². The van der Waals surface area contributed by atoms with Crippen molar-refractivity contribution in [2.75, 3.05) is 5.73 Å². The number of anilines is 1. The highest BCUT2D eigenvalue weighted by atomic mass is 16.5. The summed E-state index contributed by atoms with van der Waals surface area (Å²) in [6.07, 6.45) is 0. The molecule has 0 unspecified atom stereocenters. The summed E-state index contributed by atoms with van der Waals surface area (Å²) in [5.41, 5.74) is 9.26. The molecule has 0 aliphatic heterocycles. The van der Waals surface area contributed by atoms with Crippen molar-refractivity contribution in [3.63, 3.8) is 0 Å². The van der Waals surface area contributed by atoms with Crippen LogP contribution in [0.2, 0.25) is 0 Å². The zero-order valence-corrected chi connectivity index (χ0v) is 10.0. The fraction of sp³-hybridized carbons (Fsp3) is 0.250. The Hall–Kier alpha value is -2.17. The van der Waals surface area contributed by atoms with Crippen LogP contribution in [0.15, 0.2) is 16.7 Å². The number of nitrogens with zero attached hydrogens (tertiary/aromatic N) is 2. The first kappa shape index (κ1) is 11.3.